The lowest BCUT2D eigenvalue weighted by Crippen LogP contribution is -2.37. The number of nitrogens with zero attached hydrogens (tertiary/aromatic N) is 5. The number of anilines is 4. The van der Waals surface area contributed by atoms with Crippen LogP contribution in [0.15, 0.2) is 42.6 Å². The highest BCUT2D eigenvalue weighted by atomic mass is 19.4. The highest BCUT2D eigenvalue weighted by molar-refractivity contribution is 5.72. The Kier molecular flexibility index (Phi) is 6.99. The number of carbonyl (C=O) groups excluding carboxylic acids is 1. The van der Waals surface area contributed by atoms with Crippen LogP contribution in [0.5, 0.6) is 0 Å². The highest BCUT2D eigenvalue weighted by Crippen LogP contribution is 2.30. The van der Waals surface area contributed by atoms with Crippen molar-refractivity contribution in [2.24, 2.45) is 5.92 Å². The predicted octanol–water partition coefficient (Wildman–Crippen LogP) is 3.88. The van der Waals surface area contributed by atoms with Crippen molar-refractivity contribution in [3.63, 3.8) is 0 Å². The Balaban J connectivity index is 1.30. The molecule has 1 fully saturated rings. The Morgan fingerprint density at radius 1 is 1.14 bits per heavy atom. The fourth-order valence-corrected chi connectivity index (χ4v) is 3.73. The maximum absolute atomic E-state index is 12.7. The zero-order valence-corrected chi connectivity index (χ0v) is 18.9. The summed E-state index contributed by atoms with van der Waals surface area (Å²) in [6.45, 7) is 2.73. The number of ether oxygens (including phenoxy) is 1. The number of piperidine rings is 1. The number of benzene rings is 1. The number of esters is 1. The summed E-state index contributed by atoms with van der Waals surface area (Å²) in [4.78, 5) is 30.7. The van der Waals surface area contributed by atoms with Crippen LogP contribution in [0.3, 0.4) is 0 Å². The number of aryl methyl sites for hydroxylation is 1. The SMILES string of the molecule is Cc1ccccc1Nc1nc(N)nc(COC(=O)C2CCN(c3ccc(C(F)(F)F)cn3)CC2)n1. The standard InChI is InChI=1S/C23H24F3N7O2/c1-14-4-2-3-5-17(14)29-22-31-18(30-21(27)32-22)13-35-20(34)15-8-10-33(11-9-15)19-7-6-16(12-28-19)23(24,25)26/h2-7,12,15H,8-11,13H2,1H3,(H3,27,29,30,31,32). The van der Waals surface area contributed by atoms with Crippen molar-refractivity contribution in [3.8, 4) is 0 Å². The zero-order chi connectivity index (χ0) is 25.0. The lowest BCUT2D eigenvalue weighted by molar-refractivity contribution is -0.150. The fraction of sp³-hybridized carbons (Fsp3) is 0.348. The van der Waals surface area contributed by atoms with Gasteiger partial charge in [0.2, 0.25) is 11.9 Å². The highest BCUT2D eigenvalue weighted by Gasteiger charge is 2.31. The van der Waals surface area contributed by atoms with E-state index < -0.39 is 17.7 Å². The molecule has 0 atom stereocenters. The molecular weight excluding hydrogens is 463 g/mol. The van der Waals surface area contributed by atoms with Crippen molar-refractivity contribution in [3.05, 3.63) is 59.5 Å². The van der Waals surface area contributed by atoms with Gasteiger partial charge in [0.05, 0.1) is 11.5 Å². The molecular formula is C23H24F3N7O2. The smallest absolute Gasteiger partial charge is 0.417 e. The second kappa shape index (κ2) is 10.1. The minimum absolute atomic E-state index is 0.000479. The van der Waals surface area contributed by atoms with E-state index >= 15 is 0 Å². The molecule has 1 aromatic carbocycles. The molecule has 3 aromatic rings. The molecule has 3 heterocycles. The van der Waals surface area contributed by atoms with Gasteiger partial charge in [0.25, 0.3) is 0 Å². The van der Waals surface area contributed by atoms with Crippen LogP contribution in [-0.2, 0) is 22.3 Å². The number of para-hydroxylation sites is 1. The second-order valence-electron chi connectivity index (χ2n) is 8.15. The van der Waals surface area contributed by atoms with Gasteiger partial charge in [-0.15, -0.1) is 0 Å². The van der Waals surface area contributed by atoms with Gasteiger partial charge in [-0.3, -0.25) is 4.79 Å². The number of aromatic nitrogens is 4. The van der Waals surface area contributed by atoms with Crippen LogP contribution in [0.4, 0.5) is 36.6 Å². The Hall–Kier alpha value is -3.96. The maximum Gasteiger partial charge on any atom is 0.417 e. The van der Waals surface area contributed by atoms with E-state index in [0.717, 1.165) is 23.5 Å². The van der Waals surface area contributed by atoms with Crippen LogP contribution in [0.1, 0.15) is 29.8 Å². The minimum Gasteiger partial charge on any atom is -0.457 e. The van der Waals surface area contributed by atoms with E-state index in [0.29, 0.717) is 31.7 Å². The Morgan fingerprint density at radius 3 is 2.54 bits per heavy atom. The molecule has 0 bridgehead atoms. The van der Waals surface area contributed by atoms with E-state index in [1.54, 1.807) is 0 Å². The third-order valence-corrected chi connectivity index (χ3v) is 5.66. The number of halogens is 3. The van der Waals surface area contributed by atoms with Gasteiger partial charge >= 0.3 is 12.1 Å². The van der Waals surface area contributed by atoms with Gasteiger partial charge in [-0.25, -0.2) is 4.98 Å². The van der Waals surface area contributed by atoms with E-state index in [1.165, 1.54) is 6.07 Å². The van der Waals surface area contributed by atoms with Crippen molar-refractivity contribution in [1.29, 1.82) is 0 Å². The molecule has 0 radical (unpaired) electrons. The first-order valence-electron chi connectivity index (χ1n) is 11.0. The topological polar surface area (TPSA) is 119 Å². The average molecular weight is 487 g/mol. The third kappa shape index (κ3) is 6.14. The molecule has 0 saturated carbocycles. The zero-order valence-electron chi connectivity index (χ0n) is 18.9. The lowest BCUT2D eigenvalue weighted by Gasteiger charge is -2.31. The molecule has 0 unspecified atom stereocenters. The summed E-state index contributed by atoms with van der Waals surface area (Å²) < 4.78 is 43.6. The van der Waals surface area contributed by atoms with E-state index in [4.69, 9.17) is 10.5 Å². The summed E-state index contributed by atoms with van der Waals surface area (Å²) in [6.07, 6.45) is -2.64. The predicted molar refractivity (Wildman–Crippen MR) is 123 cm³/mol. The maximum atomic E-state index is 12.7. The van der Waals surface area contributed by atoms with Gasteiger partial charge in [0.15, 0.2) is 12.4 Å². The monoisotopic (exact) mass is 487 g/mol. The summed E-state index contributed by atoms with van der Waals surface area (Å²) in [7, 11) is 0. The van der Waals surface area contributed by atoms with Gasteiger partial charge < -0.3 is 20.7 Å². The first-order valence-corrected chi connectivity index (χ1v) is 11.0. The van der Waals surface area contributed by atoms with Crippen LogP contribution in [-0.4, -0.2) is 39.0 Å². The van der Waals surface area contributed by atoms with E-state index in [9.17, 15) is 18.0 Å². The molecule has 1 aliphatic rings. The first kappa shape index (κ1) is 24.2. The summed E-state index contributed by atoms with van der Waals surface area (Å²) in [5.41, 5.74) is 6.80. The number of nitrogens with one attached hydrogen (secondary N) is 1. The van der Waals surface area contributed by atoms with Crippen LogP contribution in [0.2, 0.25) is 0 Å². The molecule has 0 spiro atoms. The van der Waals surface area contributed by atoms with Gasteiger partial charge in [0.1, 0.15) is 5.82 Å². The van der Waals surface area contributed by atoms with Crippen LogP contribution in [0.25, 0.3) is 0 Å². The molecule has 12 heteroatoms. The fourth-order valence-electron chi connectivity index (χ4n) is 3.73. The summed E-state index contributed by atoms with van der Waals surface area (Å²) in [5.74, 6) is 0.170. The molecule has 9 nitrogen and oxygen atoms in total. The molecule has 35 heavy (non-hydrogen) atoms. The van der Waals surface area contributed by atoms with Gasteiger partial charge in [-0.2, -0.15) is 28.1 Å². The molecule has 1 aliphatic heterocycles. The summed E-state index contributed by atoms with van der Waals surface area (Å²) in [5, 5.41) is 3.08. The number of pyridine rings is 1. The number of nitrogens with two attached hydrogens (primary N) is 1. The minimum atomic E-state index is -4.43. The van der Waals surface area contributed by atoms with E-state index in [-0.39, 0.29) is 30.2 Å². The molecule has 3 N–H and O–H groups in total. The first-order chi connectivity index (χ1) is 16.7. The van der Waals surface area contributed by atoms with Crippen molar-refractivity contribution in [2.75, 3.05) is 29.0 Å². The van der Waals surface area contributed by atoms with Gasteiger partial charge in [-0.05, 0) is 43.5 Å². The quantitative estimate of drug-likeness (QED) is 0.499. The molecule has 184 valence electrons. The summed E-state index contributed by atoms with van der Waals surface area (Å²) in [6, 6.07) is 9.95. The van der Waals surface area contributed by atoms with Crippen molar-refractivity contribution >= 4 is 29.4 Å². The summed E-state index contributed by atoms with van der Waals surface area (Å²) >= 11 is 0. The third-order valence-electron chi connectivity index (χ3n) is 5.66. The molecule has 2 aromatic heterocycles. The van der Waals surface area contributed by atoms with Crippen molar-refractivity contribution in [1.82, 2.24) is 19.9 Å². The number of nitrogen functional groups attached to an aromatic ring is 1. The average Bonchev–Trinajstić information content (AvgIpc) is 2.83. The number of hydrogen-bond acceptors (Lipinski definition) is 9. The Morgan fingerprint density at radius 2 is 1.89 bits per heavy atom. The van der Waals surface area contributed by atoms with Crippen LogP contribution in [0, 0.1) is 12.8 Å². The normalized spacial score (nSPS) is 14.6. The van der Waals surface area contributed by atoms with Gasteiger partial charge in [0, 0.05) is 25.0 Å². The molecule has 1 saturated heterocycles. The molecule has 4 rings (SSSR count). The largest absolute Gasteiger partial charge is 0.457 e. The molecule has 0 aliphatic carbocycles. The second-order valence-corrected chi connectivity index (χ2v) is 8.15. The number of alkyl halides is 3. The number of hydrogen-bond donors (Lipinski definition) is 2. The van der Waals surface area contributed by atoms with Crippen LogP contribution >= 0.6 is 0 Å². The van der Waals surface area contributed by atoms with E-state index in [2.05, 4.69) is 25.3 Å². The van der Waals surface area contributed by atoms with E-state index in [1.807, 2.05) is 36.1 Å². The number of rotatable bonds is 6. The lowest BCUT2D eigenvalue weighted by atomic mass is 9.97. The van der Waals surface area contributed by atoms with Gasteiger partial charge in [-0.1, -0.05) is 18.2 Å². The Bertz CT molecular complexity index is 1180. The van der Waals surface area contributed by atoms with Crippen molar-refractivity contribution in [2.45, 2.75) is 32.5 Å². The Labute approximate surface area is 199 Å². The molecule has 0 amide bonds. The van der Waals surface area contributed by atoms with Crippen LogP contribution < -0.4 is 16.0 Å². The number of carbonyl (C=O) groups is 1. The van der Waals surface area contributed by atoms with Crippen molar-refractivity contribution < 1.29 is 22.7 Å².